The highest BCUT2D eigenvalue weighted by atomic mass is 16.5. The molecular weight excluding hydrogens is 320 g/mol. The molecule has 3 nitrogen and oxygen atoms in total. The standard InChI is InChI=1S/C23H32N2O/c1-2-3-17-26-23-11-9-20(10-12-23)18-24-22-13-15-25(16-14-22)19-21-7-5-4-6-8-21/h4-12,22,24H,2-3,13-19H2,1H3. The Labute approximate surface area is 158 Å². The smallest absolute Gasteiger partial charge is 0.119 e. The van der Waals surface area contributed by atoms with Crippen LogP contribution in [0, 0.1) is 0 Å². The van der Waals surface area contributed by atoms with E-state index in [1.807, 2.05) is 0 Å². The molecule has 0 radical (unpaired) electrons. The number of likely N-dealkylation sites (tertiary alicyclic amines) is 1. The third kappa shape index (κ3) is 6.15. The van der Waals surface area contributed by atoms with Crippen LogP contribution in [0.2, 0.25) is 0 Å². The SMILES string of the molecule is CCCCOc1ccc(CNC2CCN(Cc3ccccc3)CC2)cc1. The van der Waals surface area contributed by atoms with Gasteiger partial charge >= 0.3 is 0 Å². The molecule has 0 saturated carbocycles. The Morgan fingerprint density at radius 1 is 0.962 bits per heavy atom. The number of ether oxygens (including phenoxy) is 1. The summed E-state index contributed by atoms with van der Waals surface area (Å²) >= 11 is 0. The molecule has 2 aromatic rings. The van der Waals surface area contributed by atoms with Crippen molar-refractivity contribution in [2.75, 3.05) is 19.7 Å². The maximum Gasteiger partial charge on any atom is 0.119 e. The van der Waals surface area contributed by atoms with Crippen molar-refractivity contribution in [2.24, 2.45) is 0 Å². The number of piperidine rings is 1. The minimum atomic E-state index is 0.627. The monoisotopic (exact) mass is 352 g/mol. The van der Waals surface area contributed by atoms with Crippen LogP contribution in [0.4, 0.5) is 0 Å². The predicted molar refractivity (Wildman–Crippen MR) is 108 cm³/mol. The quantitative estimate of drug-likeness (QED) is 0.667. The summed E-state index contributed by atoms with van der Waals surface area (Å²) in [4.78, 5) is 2.57. The minimum absolute atomic E-state index is 0.627. The second-order valence-electron chi connectivity index (χ2n) is 7.26. The highest BCUT2D eigenvalue weighted by Gasteiger charge is 2.18. The summed E-state index contributed by atoms with van der Waals surface area (Å²) in [5, 5.41) is 3.73. The van der Waals surface area contributed by atoms with Crippen LogP contribution in [-0.4, -0.2) is 30.6 Å². The van der Waals surface area contributed by atoms with Crippen LogP contribution in [0.25, 0.3) is 0 Å². The molecule has 3 heteroatoms. The Morgan fingerprint density at radius 3 is 2.38 bits per heavy atom. The van der Waals surface area contributed by atoms with E-state index < -0.39 is 0 Å². The van der Waals surface area contributed by atoms with Gasteiger partial charge in [-0.25, -0.2) is 0 Å². The molecule has 0 unspecified atom stereocenters. The molecule has 0 atom stereocenters. The third-order valence-electron chi connectivity index (χ3n) is 5.12. The Morgan fingerprint density at radius 2 is 1.69 bits per heavy atom. The average molecular weight is 353 g/mol. The molecular formula is C23H32N2O. The van der Waals surface area contributed by atoms with E-state index in [0.717, 1.165) is 31.9 Å². The van der Waals surface area contributed by atoms with Crippen LogP contribution in [0.5, 0.6) is 5.75 Å². The van der Waals surface area contributed by atoms with Crippen molar-refractivity contribution in [3.8, 4) is 5.75 Å². The fraction of sp³-hybridized carbons (Fsp3) is 0.478. The lowest BCUT2D eigenvalue weighted by Gasteiger charge is -2.32. The van der Waals surface area contributed by atoms with E-state index in [1.165, 1.54) is 43.5 Å². The van der Waals surface area contributed by atoms with Gasteiger partial charge in [-0.3, -0.25) is 4.90 Å². The summed E-state index contributed by atoms with van der Waals surface area (Å²) in [6, 6.07) is 20.0. The first-order valence-electron chi connectivity index (χ1n) is 10.0. The molecule has 3 rings (SSSR count). The largest absolute Gasteiger partial charge is 0.494 e. The highest BCUT2D eigenvalue weighted by molar-refractivity contribution is 5.27. The van der Waals surface area contributed by atoms with Crippen molar-refractivity contribution in [1.82, 2.24) is 10.2 Å². The van der Waals surface area contributed by atoms with E-state index in [1.54, 1.807) is 0 Å². The topological polar surface area (TPSA) is 24.5 Å². The van der Waals surface area contributed by atoms with Crippen molar-refractivity contribution in [1.29, 1.82) is 0 Å². The molecule has 1 fully saturated rings. The first-order chi connectivity index (χ1) is 12.8. The second kappa shape index (κ2) is 10.3. The summed E-state index contributed by atoms with van der Waals surface area (Å²) in [5.41, 5.74) is 2.75. The molecule has 0 aromatic heterocycles. The molecule has 26 heavy (non-hydrogen) atoms. The zero-order valence-electron chi connectivity index (χ0n) is 16.0. The molecule has 0 amide bonds. The molecule has 1 saturated heterocycles. The van der Waals surface area contributed by atoms with Crippen molar-refractivity contribution >= 4 is 0 Å². The fourth-order valence-electron chi connectivity index (χ4n) is 3.44. The summed E-state index contributed by atoms with van der Waals surface area (Å²) in [6.07, 6.45) is 4.74. The van der Waals surface area contributed by atoms with E-state index in [-0.39, 0.29) is 0 Å². The summed E-state index contributed by atoms with van der Waals surface area (Å²) in [6.45, 7) is 7.37. The van der Waals surface area contributed by atoms with Gasteiger partial charge in [-0.05, 0) is 55.6 Å². The van der Waals surface area contributed by atoms with Crippen LogP contribution in [0.1, 0.15) is 43.7 Å². The number of rotatable bonds is 9. The van der Waals surface area contributed by atoms with Crippen molar-refractivity contribution in [3.05, 3.63) is 65.7 Å². The Kier molecular flexibility index (Phi) is 7.53. The van der Waals surface area contributed by atoms with Crippen molar-refractivity contribution in [3.63, 3.8) is 0 Å². The number of unbranched alkanes of at least 4 members (excludes halogenated alkanes) is 1. The Bertz CT molecular complexity index is 618. The van der Waals surface area contributed by atoms with Gasteiger partial charge in [0.05, 0.1) is 6.61 Å². The number of nitrogens with zero attached hydrogens (tertiary/aromatic N) is 1. The maximum absolute atomic E-state index is 5.73. The van der Waals surface area contributed by atoms with E-state index in [0.29, 0.717) is 6.04 Å². The van der Waals surface area contributed by atoms with Gasteiger partial charge in [0.25, 0.3) is 0 Å². The maximum atomic E-state index is 5.73. The summed E-state index contributed by atoms with van der Waals surface area (Å²) in [5.74, 6) is 0.983. The van der Waals surface area contributed by atoms with Gasteiger partial charge in [0, 0.05) is 19.1 Å². The molecule has 1 N–H and O–H groups in total. The Hall–Kier alpha value is -1.84. The number of nitrogens with one attached hydrogen (secondary N) is 1. The molecule has 0 bridgehead atoms. The Balaban J connectivity index is 1.35. The fourth-order valence-corrected chi connectivity index (χ4v) is 3.44. The van der Waals surface area contributed by atoms with Gasteiger partial charge in [0.15, 0.2) is 0 Å². The van der Waals surface area contributed by atoms with Crippen LogP contribution in [0.15, 0.2) is 54.6 Å². The molecule has 2 aromatic carbocycles. The number of hydrogen-bond acceptors (Lipinski definition) is 3. The van der Waals surface area contributed by atoms with E-state index in [2.05, 4.69) is 71.7 Å². The number of hydrogen-bond donors (Lipinski definition) is 1. The van der Waals surface area contributed by atoms with Crippen molar-refractivity contribution in [2.45, 2.75) is 51.7 Å². The second-order valence-corrected chi connectivity index (χ2v) is 7.26. The summed E-state index contributed by atoms with van der Waals surface area (Å²) < 4.78 is 5.73. The van der Waals surface area contributed by atoms with E-state index in [9.17, 15) is 0 Å². The zero-order valence-corrected chi connectivity index (χ0v) is 16.0. The van der Waals surface area contributed by atoms with Gasteiger partial charge in [0.2, 0.25) is 0 Å². The van der Waals surface area contributed by atoms with Crippen LogP contribution in [-0.2, 0) is 13.1 Å². The lowest BCUT2D eigenvalue weighted by molar-refractivity contribution is 0.190. The molecule has 0 spiro atoms. The van der Waals surface area contributed by atoms with Crippen LogP contribution < -0.4 is 10.1 Å². The lowest BCUT2D eigenvalue weighted by atomic mass is 10.0. The lowest BCUT2D eigenvalue weighted by Crippen LogP contribution is -2.41. The molecule has 1 heterocycles. The van der Waals surface area contributed by atoms with E-state index >= 15 is 0 Å². The molecule has 1 aliphatic heterocycles. The highest BCUT2D eigenvalue weighted by Crippen LogP contribution is 2.16. The van der Waals surface area contributed by atoms with Gasteiger partial charge in [-0.1, -0.05) is 55.8 Å². The van der Waals surface area contributed by atoms with Gasteiger partial charge in [-0.15, -0.1) is 0 Å². The molecule has 0 aliphatic carbocycles. The van der Waals surface area contributed by atoms with Gasteiger partial charge in [0.1, 0.15) is 5.75 Å². The van der Waals surface area contributed by atoms with E-state index in [4.69, 9.17) is 4.74 Å². The first kappa shape index (κ1) is 18.9. The van der Waals surface area contributed by atoms with Crippen LogP contribution in [0.3, 0.4) is 0 Å². The molecule has 1 aliphatic rings. The third-order valence-corrected chi connectivity index (χ3v) is 5.12. The first-order valence-corrected chi connectivity index (χ1v) is 10.0. The average Bonchev–Trinajstić information content (AvgIpc) is 2.69. The summed E-state index contributed by atoms with van der Waals surface area (Å²) in [7, 11) is 0. The molecule has 140 valence electrons. The predicted octanol–water partition coefficient (Wildman–Crippen LogP) is 4.62. The van der Waals surface area contributed by atoms with Crippen LogP contribution >= 0.6 is 0 Å². The normalized spacial score (nSPS) is 15.9. The van der Waals surface area contributed by atoms with Gasteiger partial charge in [-0.2, -0.15) is 0 Å². The van der Waals surface area contributed by atoms with Gasteiger partial charge < -0.3 is 10.1 Å². The zero-order chi connectivity index (χ0) is 18.0. The minimum Gasteiger partial charge on any atom is -0.494 e. The number of benzene rings is 2. The van der Waals surface area contributed by atoms with Crippen molar-refractivity contribution < 1.29 is 4.74 Å².